The van der Waals surface area contributed by atoms with Crippen molar-refractivity contribution < 1.29 is 9.15 Å². The maximum atomic E-state index is 11.8. The van der Waals surface area contributed by atoms with Crippen LogP contribution in [0.1, 0.15) is 0 Å². The van der Waals surface area contributed by atoms with Gasteiger partial charge < -0.3 is 13.7 Å². The highest BCUT2D eigenvalue weighted by Crippen LogP contribution is 2.33. The van der Waals surface area contributed by atoms with Gasteiger partial charge in [-0.2, -0.15) is 0 Å². The van der Waals surface area contributed by atoms with Crippen LogP contribution in [0, 0.1) is 0 Å². The Morgan fingerprint density at radius 2 is 1.85 bits per heavy atom. The van der Waals surface area contributed by atoms with Crippen LogP contribution in [0.5, 0.6) is 5.75 Å². The summed E-state index contributed by atoms with van der Waals surface area (Å²) < 4.78 is 12.3. The van der Waals surface area contributed by atoms with Gasteiger partial charge in [0, 0.05) is 29.0 Å². The minimum atomic E-state index is -0.385. The molecule has 7 heteroatoms. The van der Waals surface area contributed by atoms with E-state index in [2.05, 4.69) is 10.2 Å². The average molecular weight is 365 g/mol. The summed E-state index contributed by atoms with van der Waals surface area (Å²) in [4.78, 5) is 12.6. The molecule has 0 unspecified atom stereocenters. The molecular formula is C19H15N3O3S. The van der Waals surface area contributed by atoms with Crippen LogP contribution in [-0.4, -0.2) is 21.9 Å². The van der Waals surface area contributed by atoms with Crippen molar-refractivity contribution in [2.24, 2.45) is 7.05 Å². The number of benzene rings is 2. The van der Waals surface area contributed by atoms with Crippen LogP contribution in [0.25, 0.3) is 22.4 Å². The van der Waals surface area contributed by atoms with Crippen molar-refractivity contribution in [3.63, 3.8) is 0 Å². The van der Waals surface area contributed by atoms with Crippen molar-refractivity contribution in [1.82, 2.24) is 14.8 Å². The number of hydrogen-bond donors (Lipinski definition) is 0. The first-order valence-corrected chi connectivity index (χ1v) is 8.72. The molecule has 0 saturated heterocycles. The fraction of sp³-hybridized carbons (Fsp3) is 0.105. The summed E-state index contributed by atoms with van der Waals surface area (Å²) in [6, 6.07) is 16.6. The molecule has 130 valence electrons. The SMILES string of the molecule is COc1ccc(-c2nnc(Sc3cc(=O)oc4ccccc34)n2C)cc1. The molecule has 0 atom stereocenters. The van der Waals surface area contributed by atoms with E-state index >= 15 is 0 Å². The molecule has 0 radical (unpaired) electrons. The molecule has 0 bridgehead atoms. The monoisotopic (exact) mass is 365 g/mol. The zero-order valence-electron chi connectivity index (χ0n) is 14.2. The summed E-state index contributed by atoms with van der Waals surface area (Å²) in [7, 11) is 3.53. The second kappa shape index (κ2) is 6.68. The second-order valence-corrected chi connectivity index (χ2v) is 6.63. The molecule has 4 aromatic rings. The van der Waals surface area contributed by atoms with Gasteiger partial charge in [-0.25, -0.2) is 4.79 Å². The number of nitrogens with zero attached hydrogens (tertiary/aromatic N) is 3. The van der Waals surface area contributed by atoms with Crippen molar-refractivity contribution >= 4 is 22.7 Å². The second-order valence-electron chi connectivity index (χ2n) is 5.62. The molecule has 6 nitrogen and oxygen atoms in total. The predicted molar refractivity (Wildman–Crippen MR) is 99.6 cm³/mol. The maximum Gasteiger partial charge on any atom is 0.337 e. The first-order valence-electron chi connectivity index (χ1n) is 7.90. The van der Waals surface area contributed by atoms with Crippen LogP contribution in [0.15, 0.2) is 73.9 Å². The van der Waals surface area contributed by atoms with Gasteiger partial charge in [0.25, 0.3) is 0 Å². The molecule has 0 aliphatic heterocycles. The highest BCUT2D eigenvalue weighted by molar-refractivity contribution is 7.99. The number of aromatic nitrogens is 3. The van der Waals surface area contributed by atoms with E-state index in [1.54, 1.807) is 13.2 Å². The van der Waals surface area contributed by atoms with E-state index in [-0.39, 0.29) is 5.63 Å². The number of methoxy groups -OCH3 is 1. The molecule has 0 saturated carbocycles. The molecule has 2 heterocycles. The van der Waals surface area contributed by atoms with Crippen molar-refractivity contribution in [3.8, 4) is 17.1 Å². The quantitative estimate of drug-likeness (QED) is 0.513. The van der Waals surface area contributed by atoms with Gasteiger partial charge in [0.05, 0.1) is 7.11 Å². The molecule has 0 spiro atoms. The number of rotatable bonds is 4. The molecule has 2 aromatic carbocycles. The lowest BCUT2D eigenvalue weighted by Gasteiger charge is -2.06. The van der Waals surface area contributed by atoms with Crippen molar-refractivity contribution in [3.05, 3.63) is 65.0 Å². The summed E-state index contributed by atoms with van der Waals surface area (Å²) in [5, 5.41) is 10.1. The van der Waals surface area contributed by atoms with Gasteiger partial charge in [0.15, 0.2) is 11.0 Å². The fourth-order valence-corrected chi connectivity index (χ4v) is 3.60. The lowest BCUT2D eigenvalue weighted by molar-refractivity contribution is 0.415. The van der Waals surface area contributed by atoms with E-state index in [1.807, 2.05) is 54.1 Å². The Morgan fingerprint density at radius 1 is 1.08 bits per heavy atom. The zero-order chi connectivity index (χ0) is 18.1. The first kappa shape index (κ1) is 16.4. The Balaban J connectivity index is 1.72. The van der Waals surface area contributed by atoms with E-state index in [1.165, 1.54) is 17.8 Å². The third kappa shape index (κ3) is 2.97. The lowest BCUT2D eigenvalue weighted by Crippen LogP contribution is -1.99. The largest absolute Gasteiger partial charge is 0.497 e. The minimum absolute atomic E-state index is 0.385. The minimum Gasteiger partial charge on any atom is -0.497 e. The van der Waals surface area contributed by atoms with Gasteiger partial charge in [-0.1, -0.05) is 18.2 Å². The lowest BCUT2D eigenvalue weighted by atomic mass is 10.2. The fourth-order valence-electron chi connectivity index (χ4n) is 2.66. The molecule has 0 N–H and O–H groups in total. The van der Waals surface area contributed by atoms with Crippen LogP contribution >= 0.6 is 11.8 Å². The highest BCUT2D eigenvalue weighted by atomic mass is 32.2. The third-order valence-electron chi connectivity index (χ3n) is 4.00. The van der Waals surface area contributed by atoms with E-state index in [4.69, 9.17) is 9.15 Å². The molecule has 0 amide bonds. The Hall–Kier alpha value is -3.06. The number of fused-ring (bicyclic) bond motifs is 1. The first-order chi connectivity index (χ1) is 12.7. The third-order valence-corrected chi connectivity index (χ3v) is 5.09. The van der Waals surface area contributed by atoms with E-state index in [0.29, 0.717) is 10.7 Å². The molecule has 26 heavy (non-hydrogen) atoms. The summed E-state index contributed by atoms with van der Waals surface area (Å²) in [5.41, 5.74) is 1.11. The smallest absolute Gasteiger partial charge is 0.337 e. The summed E-state index contributed by atoms with van der Waals surface area (Å²) in [5.74, 6) is 1.52. The Morgan fingerprint density at radius 3 is 2.62 bits per heavy atom. The number of ether oxygens (including phenoxy) is 1. The van der Waals surface area contributed by atoms with Crippen LogP contribution < -0.4 is 10.4 Å². The van der Waals surface area contributed by atoms with Crippen LogP contribution in [0.3, 0.4) is 0 Å². The molecule has 4 rings (SSSR count). The van der Waals surface area contributed by atoms with Crippen molar-refractivity contribution in [2.45, 2.75) is 10.1 Å². The number of para-hydroxylation sites is 1. The van der Waals surface area contributed by atoms with Crippen molar-refractivity contribution in [2.75, 3.05) is 7.11 Å². The van der Waals surface area contributed by atoms with Crippen LogP contribution in [0.4, 0.5) is 0 Å². The van der Waals surface area contributed by atoms with Gasteiger partial charge in [-0.05, 0) is 42.1 Å². The summed E-state index contributed by atoms with van der Waals surface area (Å²) in [6.07, 6.45) is 0. The van der Waals surface area contributed by atoms with Gasteiger partial charge in [0.2, 0.25) is 0 Å². The average Bonchev–Trinajstić information content (AvgIpc) is 3.02. The molecule has 0 aliphatic rings. The molecule has 0 aliphatic carbocycles. The van der Waals surface area contributed by atoms with Gasteiger partial charge >= 0.3 is 5.63 Å². The van der Waals surface area contributed by atoms with Crippen molar-refractivity contribution in [1.29, 1.82) is 0 Å². The highest BCUT2D eigenvalue weighted by Gasteiger charge is 2.14. The normalized spacial score (nSPS) is 11.0. The standard InChI is InChI=1S/C19H15N3O3S/c1-22-18(12-7-9-13(24-2)10-8-12)20-21-19(22)26-16-11-17(23)25-15-6-4-3-5-14(15)16/h3-11H,1-2H3. The molecular weight excluding hydrogens is 350 g/mol. The summed E-state index contributed by atoms with van der Waals surface area (Å²) >= 11 is 1.39. The van der Waals surface area contributed by atoms with E-state index in [0.717, 1.165) is 27.4 Å². The van der Waals surface area contributed by atoms with Gasteiger partial charge in [-0.15, -0.1) is 10.2 Å². The zero-order valence-corrected chi connectivity index (χ0v) is 15.0. The van der Waals surface area contributed by atoms with Crippen LogP contribution in [0.2, 0.25) is 0 Å². The number of hydrogen-bond acceptors (Lipinski definition) is 6. The van der Waals surface area contributed by atoms with Gasteiger partial charge in [-0.3, -0.25) is 0 Å². The van der Waals surface area contributed by atoms with Gasteiger partial charge in [0.1, 0.15) is 11.3 Å². The summed E-state index contributed by atoms with van der Waals surface area (Å²) in [6.45, 7) is 0. The molecule has 0 fully saturated rings. The Bertz CT molecular complexity index is 1130. The topological polar surface area (TPSA) is 70.2 Å². The Labute approximate surface area is 153 Å². The predicted octanol–water partition coefficient (Wildman–Crippen LogP) is 3.75. The van der Waals surface area contributed by atoms with Crippen LogP contribution in [-0.2, 0) is 7.05 Å². The Kier molecular flexibility index (Phi) is 4.22. The van der Waals surface area contributed by atoms with E-state index in [9.17, 15) is 4.79 Å². The van der Waals surface area contributed by atoms with E-state index < -0.39 is 0 Å². The molecule has 2 aromatic heterocycles. The maximum absolute atomic E-state index is 11.8.